The Balaban J connectivity index is 2.04. The van der Waals surface area contributed by atoms with Crippen LogP contribution in [0.3, 0.4) is 0 Å². The van der Waals surface area contributed by atoms with Crippen molar-refractivity contribution in [1.29, 1.82) is 0 Å². The molecule has 0 aliphatic carbocycles. The first kappa shape index (κ1) is 12.1. The third-order valence-corrected chi connectivity index (χ3v) is 3.21. The van der Waals surface area contributed by atoms with Gasteiger partial charge in [-0.05, 0) is 12.1 Å². The number of rotatable bonds is 5. The molecule has 0 aromatic carbocycles. The van der Waals surface area contributed by atoms with E-state index >= 15 is 0 Å². The number of amides is 1. The number of likely N-dealkylation sites (N-methyl/N-ethyl adjacent to an activating group) is 1. The minimum atomic E-state index is 0.0811. The molecule has 5 heteroatoms. The monoisotopic (exact) mass is 237 g/mol. The fourth-order valence-corrected chi connectivity index (χ4v) is 1.89. The lowest BCUT2D eigenvalue weighted by Gasteiger charge is -2.35. The van der Waals surface area contributed by atoms with Crippen LogP contribution in [0.15, 0.2) is 18.3 Å². The van der Waals surface area contributed by atoms with Crippen molar-refractivity contribution in [1.82, 2.24) is 14.8 Å². The van der Waals surface area contributed by atoms with Crippen LogP contribution in [0.1, 0.15) is 10.5 Å². The van der Waals surface area contributed by atoms with Crippen LogP contribution in [0.25, 0.3) is 0 Å². The first-order valence-electron chi connectivity index (χ1n) is 5.86. The third-order valence-electron chi connectivity index (χ3n) is 3.21. The van der Waals surface area contributed by atoms with E-state index < -0.39 is 0 Å². The van der Waals surface area contributed by atoms with Crippen LogP contribution in [-0.4, -0.2) is 55.3 Å². The zero-order chi connectivity index (χ0) is 12.3. The molecule has 0 radical (unpaired) electrons. The van der Waals surface area contributed by atoms with Crippen LogP contribution in [0.4, 0.5) is 0 Å². The fourth-order valence-electron chi connectivity index (χ4n) is 1.89. The highest BCUT2D eigenvalue weighted by atomic mass is 16.5. The summed E-state index contributed by atoms with van der Waals surface area (Å²) in [6, 6.07) is 4.09. The minimum absolute atomic E-state index is 0.0811. The summed E-state index contributed by atoms with van der Waals surface area (Å²) >= 11 is 0. The van der Waals surface area contributed by atoms with E-state index in [4.69, 9.17) is 4.74 Å². The molecule has 0 atom stereocenters. The zero-order valence-electron chi connectivity index (χ0n) is 10.3. The van der Waals surface area contributed by atoms with Gasteiger partial charge in [-0.1, -0.05) is 0 Å². The summed E-state index contributed by atoms with van der Waals surface area (Å²) in [5, 5.41) is 3.17. The van der Waals surface area contributed by atoms with E-state index in [2.05, 4.69) is 5.32 Å². The molecule has 5 nitrogen and oxygen atoms in total. The predicted molar refractivity (Wildman–Crippen MR) is 65.1 cm³/mol. The van der Waals surface area contributed by atoms with Gasteiger partial charge in [-0.25, -0.2) is 0 Å². The van der Waals surface area contributed by atoms with Gasteiger partial charge in [0.25, 0.3) is 5.91 Å². The van der Waals surface area contributed by atoms with Gasteiger partial charge in [0.15, 0.2) is 0 Å². The van der Waals surface area contributed by atoms with Gasteiger partial charge in [-0.3, -0.25) is 4.79 Å². The van der Waals surface area contributed by atoms with Crippen LogP contribution in [0.5, 0.6) is 0 Å². The Morgan fingerprint density at radius 3 is 3.00 bits per heavy atom. The SMILES string of the molecule is COCCn1cccc1C(=O)N(C)C1CNC1. The second-order valence-corrected chi connectivity index (χ2v) is 4.31. The molecule has 1 aliphatic heterocycles. The number of hydrogen-bond donors (Lipinski definition) is 1. The Labute approximate surface area is 101 Å². The minimum Gasteiger partial charge on any atom is -0.383 e. The maximum atomic E-state index is 12.3. The lowest BCUT2D eigenvalue weighted by atomic mass is 10.1. The summed E-state index contributed by atoms with van der Waals surface area (Å²) in [7, 11) is 3.53. The molecule has 94 valence electrons. The number of carbonyl (C=O) groups is 1. The fraction of sp³-hybridized carbons (Fsp3) is 0.583. The molecule has 1 amide bonds. The summed E-state index contributed by atoms with van der Waals surface area (Å²) in [6.45, 7) is 3.10. The lowest BCUT2D eigenvalue weighted by molar-refractivity contribution is 0.0668. The normalized spacial score (nSPS) is 15.6. The van der Waals surface area contributed by atoms with E-state index in [1.807, 2.05) is 34.8 Å². The summed E-state index contributed by atoms with van der Waals surface area (Å²) in [5.74, 6) is 0.0811. The Morgan fingerprint density at radius 1 is 1.65 bits per heavy atom. The first-order chi connectivity index (χ1) is 8.24. The smallest absolute Gasteiger partial charge is 0.270 e. The highest BCUT2D eigenvalue weighted by Crippen LogP contribution is 2.10. The average Bonchev–Trinajstić information content (AvgIpc) is 2.70. The molecule has 1 fully saturated rings. The van der Waals surface area contributed by atoms with E-state index in [0.29, 0.717) is 19.2 Å². The number of nitrogens with one attached hydrogen (secondary N) is 1. The Morgan fingerprint density at radius 2 is 2.41 bits per heavy atom. The van der Waals surface area contributed by atoms with Gasteiger partial charge in [-0.15, -0.1) is 0 Å². The van der Waals surface area contributed by atoms with Crippen molar-refractivity contribution in [3.63, 3.8) is 0 Å². The van der Waals surface area contributed by atoms with E-state index in [1.54, 1.807) is 7.11 Å². The van der Waals surface area contributed by atoms with Crippen LogP contribution < -0.4 is 5.32 Å². The van der Waals surface area contributed by atoms with Gasteiger partial charge in [-0.2, -0.15) is 0 Å². The van der Waals surface area contributed by atoms with Crippen LogP contribution in [0.2, 0.25) is 0 Å². The Kier molecular flexibility index (Phi) is 3.81. The van der Waals surface area contributed by atoms with Gasteiger partial charge >= 0.3 is 0 Å². The quantitative estimate of drug-likeness (QED) is 0.794. The number of ether oxygens (including phenoxy) is 1. The van der Waals surface area contributed by atoms with Crippen LogP contribution in [-0.2, 0) is 11.3 Å². The molecule has 1 aromatic rings. The topological polar surface area (TPSA) is 46.5 Å². The number of methoxy groups -OCH3 is 1. The van der Waals surface area contributed by atoms with E-state index in [-0.39, 0.29) is 5.91 Å². The number of carbonyl (C=O) groups excluding carboxylic acids is 1. The van der Waals surface area contributed by atoms with E-state index in [9.17, 15) is 4.79 Å². The molecular formula is C12H19N3O2. The van der Waals surface area contributed by atoms with Gasteiger partial charge in [0.1, 0.15) is 5.69 Å². The second kappa shape index (κ2) is 5.33. The molecule has 17 heavy (non-hydrogen) atoms. The summed E-state index contributed by atoms with van der Waals surface area (Å²) in [5.41, 5.74) is 0.733. The zero-order valence-corrected chi connectivity index (χ0v) is 10.3. The van der Waals surface area contributed by atoms with Crippen molar-refractivity contribution in [3.05, 3.63) is 24.0 Å². The van der Waals surface area contributed by atoms with Crippen molar-refractivity contribution in [3.8, 4) is 0 Å². The first-order valence-corrected chi connectivity index (χ1v) is 5.86. The molecule has 1 N–H and O–H groups in total. The largest absolute Gasteiger partial charge is 0.383 e. The molecule has 1 aliphatic rings. The summed E-state index contributed by atoms with van der Waals surface area (Å²) in [6.07, 6.45) is 1.92. The van der Waals surface area contributed by atoms with Crippen molar-refractivity contribution >= 4 is 5.91 Å². The van der Waals surface area contributed by atoms with Crippen LogP contribution >= 0.6 is 0 Å². The molecule has 0 bridgehead atoms. The number of nitrogens with zero attached hydrogens (tertiary/aromatic N) is 2. The van der Waals surface area contributed by atoms with E-state index in [1.165, 1.54) is 0 Å². The number of hydrogen-bond acceptors (Lipinski definition) is 3. The van der Waals surface area contributed by atoms with Crippen molar-refractivity contribution in [2.24, 2.45) is 0 Å². The molecule has 0 saturated carbocycles. The predicted octanol–water partition coefficient (Wildman–Crippen LogP) is 0.178. The van der Waals surface area contributed by atoms with Crippen molar-refractivity contribution < 1.29 is 9.53 Å². The lowest BCUT2D eigenvalue weighted by Crippen LogP contribution is -2.57. The van der Waals surface area contributed by atoms with Gasteiger partial charge < -0.3 is 19.5 Å². The van der Waals surface area contributed by atoms with Crippen LogP contribution in [0, 0.1) is 0 Å². The highest BCUT2D eigenvalue weighted by molar-refractivity contribution is 5.92. The van der Waals surface area contributed by atoms with Gasteiger partial charge in [0, 0.05) is 40.0 Å². The summed E-state index contributed by atoms with van der Waals surface area (Å²) in [4.78, 5) is 14.1. The molecule has 0 spiro atoms. The Bertz CT molecular complexity index is 385. The maximum absolute atomic E-state index is 12.3. The third kappa shape index (κ3) is 2.50. The molecule has 2 rings (SSSR count). The molecule has 2 heterocycles. The maximum Gasteiger partial charge on any atom is 0.270 e. The highest BCUT2D eigenvalue weighted by Gasteiger charge is 2.27. The van der Waals surface area contributed by atoms with Gasteiger partial charge in [0.05, 0.1) is 12.6 Å². The standard InChI is InChI=1S/C12H19N3O2/c1-14(10-8-13-9-10)12(16)11-4-3-5-15(11)6-7-17-2/h3-5,10,13H,6-9H2,1-2H3. The molecular weight excluding hydrogens is 218 g/mol. The van der Waals surface area contributed by atoms with Crippen molar-refractivity contribution in [2.75, 3.05) is 33.9 Å². The van der Waals surface area contributed by atoms with Gasteiger partial charge in [0.2, 0.25) is 0 Å². The van der Waals surface area contributed by atoms with E-state index in [0.717, 1.165) is 18.8 Å². The Hall–Kier alpha value is -1.33. The molecule has 1 aromatic heterocycles. The average molecular weight is 237 g/mol. The number of aromatic nitrogens is 1. The molecule has 1 saturated heterocycles. The molecule has 0 unspecified atom stereocenters. The second-order valence-electron chi connectivity index (χ2n) is 4.31. The van der Waals surface area contributed by atoms with Crippen molar-refractivity contribution in [2.45, 2.75) is 12.6 Å². The summed E-state index contributed by atoms with van der Waals surface area (Å²) < 4.78 is 6.97.